The van der Waals surface area contributed by atoms with E-state index in [-0.39, 0.29) is 0 Å². The Labute approximate surface area is 63.4 Å². The third kappa shape index (κ3) is 1.62. The number of hydrogen-bond donors (Lipinski definition) is 0. The van der Waals surface area contributed by atoms with E-state index in [9.17, 15) is 9.59 Å². The highest BCUT2D eigenvalue weighted by molar-refractivity contribution is 5.63. The fourth-order valence-electron chi connectivity index (χ4n) is 0.795. The Hall–Kier alpha value is -1.69. The minimum atomic E-state index is -0.491. The second-order valence-corrected chi connectivity index (χ2v) is 1.97. The third-order valence-corrected chi connectivity index (χ3v) is 1.31. The van der Waals surface area contributed by atoms with Crippen molar-refractivity contribution in [1.82, 2.24) is 0 Å². The van der Waals surface area contributed by atoms with E-state index in [0.717, 1.165) is 0 Å². The Kier molecular flexibility index (Phi) is 2.34. The van der Waals surface area contributed by atoms with Crippen LogP contribution < -0.4 is 0 Å². The van der Waals surface area contributed by atoms with Crippen LogP contribution in [0.5, 0.6) is 0 Å². The molecule has 1 aliphatic carbocycles. The zero-order valence-electron chi connectivity index (χ0n) is 5.65. The average Bonchev–Trinajstić information content (AvgIpc) is 2.06. The summed E-state index contributed by atoms with van der Waals surface area (Å²) in [5.74, 6) is 1.69. The first-order valence-electron chi connectivity index (χ1n) is 3.05. The minimum absolute atomic E-state index is 0.357. The average molecular weight is 147 g/mol. The van der Waals surface area contributed by atoms with Crippen molar-refractivity contribution in [2.75, 3.05) is 0 Å². The van der Waals surface area contributed by atoms with Crippen LogP contribution in [0.2, 0.25) is 0 Å². The fraction of sp³-hybridized carbons (Fsp3) is 0.125. The van der Waals surface area contributed by atoms with Gasteiger partial charge >= 0.3 is 0 Å². The Morgan fingerprint density at radius 3 is 2.82 bits per heavy atom. The van der Waals surface area contributed by atoms with E-state index in [1.807, 2.05) is 0 Å². The van der Waals surface area contributed by atoms with Crippen molar-refractivity contribution in [2.45, 2.75) is 6.04 Å². The van der Waals surface area contributed by atoms with E-state index in [0.29, 0.717) is 5.57 Å². The summed E-state index contributed by atoms with van der Waals surface area (Å²) in [6.07, 6.45) is 8.00. The molecule has 1 atom stereocenters. The highest BCUT2D eigenvalue weighted by Crippen LogP contribution is 2.10. The molecule has 54 valence electrons. The summed E-state index contributed by atoms with van der Waals surface area (Å²) in [6, 6.07) is -0.491. The lowest BCUT2D eigenvalue weighted by Gasteiger charge is -2.04. The summed E-state index contributed by atoms with van der Waals surface area (Å²) in [7, 11) is 0. The Balaban J connectivity index is 2.96. The third-order valence-electron chi connectivity index (χ3n) is 1.31. The molecule has 0 heterocycles. The van der Waals surface area contributed by atoms with Crippen molar-refractivity contribution in [1.29, 1.82) is 0 Å². The second-order valence-electron chi connectivity index (χ2n) is 1.97. The number of allylic oxidation sites excluding steroid dienone is 2. The fourth-order valence-corrected chi connectivity index (χ4v) is 0.795. The molecule has 0 saturated heterocycles. The van der Waals surface area contributed by atoms with Gasteiger partial charge in [-0.15, -0.1) is 0 Å². The largest absolute Gasteiger partial charge is 0.235 e. The summed E-state index contributed by atoms with van der Waals surface area (Å²) in [5.41, 5.74) is 0.357. The van der Waals surface area contributed by atoms with Gasteiger partial charge in [-0.2, -0.15) is 4.99 Å². The smallest absolute Gasteiger partial charge is 0.233 e. The van der Waals surface area contributed by atoms with Gasteiger partial charge in [0.15, 0.2) is 0 Å². The van der Waals surface area contributed by atoms with Gasteiger partial charge in [-0.3, -0.25) is 0 Å². The van der Waals surface area contributed by atoms with Crippen LogP contribution in [-0.2, 0) is 9.59 Å². The molecular formula is C8H5NO2. The molecule has 0 radical (unpaired) electrons. The van der Waals surface area contributed by atoms with Crippen LogP contribution in [0.4, 0.5) is 0 Å². The lowest BCUT2D eigenvalue weighted by Crippen LogP contribution is -2.05. The number of isocyanates is 1. The van der Waals surface area contributed by atoms with Crippen molar-refractivity contribution >= 4 is 12.0 Å². The molecule has 0 aromatic heterocycles. The monoisotopic (exact) mass is 147 g/mol. The van der Waals surface area contributed by atoms with Gasteiger partial charge in [-0.1, -0.05) is 18.2 Å². The van der Waals surface area contributed by atoms with Crippen LogP contribution in [0.15, 0.2) is 34.9 Å². The molecule has 0 saturated carbocycles. The quantitative estimate of drug-likeness (QED) is 0.309. The molecule has 0 aliphatic heterocycles. The zero-order valence-corrected chi connectivity index (χ0v) is 5.65. The van der Waals surface area contributed by atoms with Gasteiger partial charge in [0.25, 0.3) is 0 Å². The lowest BCUT2D eigenvalue weighted by atomic mass is 10.1. The van der Waals surface area contributed by atoms with Crippen molar-refractivity contribution in [3.63, 3.8) is 0 Å². The van der Waals surface area contributed by atoms with Gasteiger partial charge in [0.1, 0.15) is 12.0 Å². The maximum absolute atomic E-state index is 10.2. The minimum Gasteiger partial charge on any atom is -0.233 e. The Morgan fingerprint density at radius 2 is 2.18 bits per heavy atom. The van der Waals surface area contributed by atoms with Crippen LogP contribution in [-0.4, -0.2) is 18.1 Å². The molecule has 0 fully saturated rings. The SMILES string of the molecule is O=C=NC1C=CC=CC1=C=O. The number of nitrogens with zero attached hydrogens (tertiary/aromatic N) is 1. The molecule has 11 heavy (non-hydrogen) atoms. The summed E-state index contributed by atoms with van der Waals surface area (Å²) in [6.45, 7) is 0. The molecule has 3 heteroatoms. The van der Waals surface area contributed by atoms with Gasteiger partial charge in [-0.25, -0.2) is 9.59 Å². The highest BCUT2D eigenvalue weighted by Gasteiger charge is 2.09. The first kappa shape index (κ1) is 7.42. The van der Waals surface area contributed by atoms with E-state index in [2.05, 4.69) is 4.99 Å². The molecule has 0 bridgehead atoms. The number of carbonyl (C=O) groups excluding carboxylic acids is 2. The molecule has 0 amide bonds. The molecule has 0 spiro atoms. The topological polar surface area (TPSA) is 46.5 Å². The van der Waals surface area contributed by atoms with Crippen molar-refractivity contribution in [3.05, 3.63) is 29.9 Å². The highest BCUT2D eigenvalue weighted by atomic mass is 16.1. The molecule has 3 nitrogen and oxygen atoms in total. The van der Waals surface area contributed by atoms with Crippen molar-refractivity contribution in [2.24, 2.45) is 4.99 Å². The summed E-state index contributed by atoms with van der Waals surface area (Å²) >= 11 is 0. The van der Waals surface area contributed by atoms with Crippen LogP contribution in [0.3, 0.4) is 0 Å². The number of hydrogen-bond acceptors (Lipinski definition) is 3. The molecule has 0 N–H and O–H groups in total. The van der Waals surface area contributed by atoms with Crippen LogP contribution in [0.1, 0.15) is 0 Å². The summed E-state index contributed by atoms with van der Waals surface area (Å²) in [5, 5.41) is 0. The predicted octanol–water partition coefficient (Wildman–Crippen LogP) is 0.575. The zero-order chi connectivity index (χ0) is 8.10. The van der Waals surface area contributed by atoms with Crippen LogP contribution in [0.25, 0.3) is 0 Å². The Morgan fingerprint density at radius 1 is 1.36 bits per heavy atom. The van der Waals surface area contributed by atoms with Gasteiger partial charge < -0.3 is 0 Å². The van der Waals surface area contributed by atoms with Gasteiger partial charge in [-0.05, 0) is 6.08 Å². The van der Waals surface area contributed by atoms with Crippen LogP contribution in [0, 0.1) is 0 Å². The summed E-state index contributed by atoms with van der Waals surface area (Å²) < 4.78 is 0. The number of rotatable bonds is 1. The molecule has 1 aliphatic rings. The molecular weight excluding hydrogens is 142 g/mol. The summed E-state index contributed by atoms with van der Waals surface area (Å²) in [4.78, 5) is 23.4. The second kappa shape index (κ2) is 3.47. The van der Waals surface area contributed by atoms with E-state index >= 15 is 0 Å². The standard InChI is InChI=1S/C8H5NO2/c10-5-7-3-1-2-4-8(7)9-6-11/h1-4,8H. The molecule has 1 unspecified atom stereocenters. The number of aliphatic imine (C=N–C) groups is 1. The van der Waals surface area contributed by atoms with Gasteiger partial charge in [0.2, 0.25) is 6.08 Å². The first-order chi connectivity index (χ1) is 5.38. The van der Waals surface area contributed by atoms with E-state index in [4.69, 9.17) is 0 Å². The van der Waals surface area contributed by atoms with Gasteiger partial charge in [0.05, 0.1) is 5.57 Å². The maximum atomic E-state index is 10.2. The van der Waals surface area contributed by atoms with E-state index in [1.165, 1.54) is 6.08 Å². The normalized spacial score (nSPS) is 20.7. The predicted molar refractivity (Wildman–Crippen MR) is 39.4 cm³/mol. The molecule has 1 rings (SSSR count). The van der Waals surface area contributed by atoms with Crippen molar-refractivity contribution < 1.29 is 9.59 Å². The van der Waals surface area contributed by atoms with Gasteiger partial charge in [0, 0.05) is 0 Å². The molecule has 0 aromatic rings. The Bertz CT molecular complexity index is 302. The van der Waals surface area contributed by atoms with Crippen LogP contribution >= 0.6 is 0 Å². The van der Waals surface area contributed by atoms with Crippen molar-refractivity contribution in [3.8, 4) is 0 Å². The first-order valence-corrected chi connectivity index (χ1v) is 3.05. The van der Waals surface area contributed by atoms with E-state index in [1.54, 1.807) is 30.2 Å². The molecule has 0 aromatic carbocycles. The van der Waals surface area contributed by atoms with E-state index < -0.39 is 6.04 Å². The lowest BCUT2D eigenvalue weighted by molar-refractivity contribution is 0.561. The maximum Gasteiger partial charge on any atom is 0.235 e.